The van der Waals surface area contributed by atoms with Gasteiger partial charge in [-0.15, -0.1) is 0 Å². The number of nitrogens with two attached hydrogens (primary N) is 1. The number of hydrogen-bond donors (Lipinski definition) is 2. The van der Waals surface area contributed by atoms with E-state index in [9.17, 15) is 26.2 Å². The molecule has 21 heavy (non-hydrogen) atoms. The number of carbonyl (C=O) groups is 1. The summed E-state index contributed by atoms with van der Waals surface area (Å²) in [5.74, 6) is -3.42. The number of sulfonamides is 1. The lowest BCUT2D eigenvalue weighted by atomic mass is 10.2. The molecule has 1 rings (SSSR count). The Morgan fingerprint density at radius 1 is 1.38 bits per heavy atom. The average molecular weight is 340 g/mol. The lowest BCUT2D eigenvalue weighted by molar-refractivity contribution is 0.0951. The molecule has 1 aromatic rings. The van der Waals surface area contributed by atoms with Crippen LogP contribution in [0.1, 0.15) is 17.3 Å². The van der Waals surface area contributed by atoms with Crippen molar-refractivity contribution in [1.82, 2.24) is 5.32 Å². The monoisotopic (exact) mass is 340 g/mol. The Bertz CT molecular complexity index is 677. The first-order chi connectivity index (χ1) is 9.66. The van der Waals surface area contributed by atoms with Crippen LogP contribution in [-0.4, -0.2) is 36.6 Å². The van der Waals surface area contributed by atoms with E-state index in [-0.39, 0.29) is 12.3 Å². The van der Waals surface area contributed by atoms with Crippen LogP contribution in [0, 0.1) is 11.6 Å². The summed E-state index contributed by atoms with van der Waals surface area (Å²) < 4.78 is 60.3. The van der Waals surface area contributed by atoms with Crippen LogP contribution in [0.2, 0.25) is 0 Å². The lowest BCUT2D eigenvalue weighted by Crippen LogP contribution is -2.29. The van der Waals surface area contributed by atoms with Crippen molar-refractivity contribution in [3.8, 4) is 0 Å². The van der Waals surface area contributed by atoms with Crippen molar-refractivity contribution in [3.63, 3.8) is 0 Å². The molecule has 0 saturated carbocycles. The zero-order chi connectivity index (χ0) is 16.2. The van der Waals surface area contributed by atoms with Gasteiger partial charge in [0.25, 0.3) is 5.91 Å². The van der Waals surface area contributed by atoms with Crippen LogP contribution in [0.4, 0.5) is 8.78 Å². The highest BCUT2D eigenvalue weighted by Crippen LogP contribution is 2.17. The maximum absolute atomic E-state index is 13.5. The number of nitrogens with one attached hydrogen (secondary N) is 1. The van der Waals surface area contributed by atoms with Gasteiger partial charge in [0.15, 0.2) is 11.6 Å². The van der Waals surface area contributed by atoms with Crippen molar-refractivity contribution in [2.45, 2.75) is 11.8 Å². The molecule has 1 atom stereocenters. The van der Waals surface area contributed by atoms with Gasteiger partial charge in [-0.2, -0.15) is 0 Å². The maximum Gasteiger partial charge on any atom is 0.254 e. The fourth-order valence-corrected chi connectivity index (χ4v) is 2.58. The van der Waals surface area contributed by atoms with Crippen molar-refractivity contribution < 1.29 is 26.2 Å². The lowest BCUT2D eigenvalue weighted by Gasteiger charge is -2.08. The number of halogens is 2. The molecule has 1 aromatic carbocycles. The summed E-state index contributed by atoms with van der Waals surface area (Å²) in [5.41, 5.74) is -0.777. The molecular weight excluding hydrogens is 326 g/mol. The van der Waals surface area contributed by atoms with E-state index < -0.39 is 48.8 Å². The molecule has 10 heteroatoms. The average Bonchev–Trinajstić information content (AvgIpc) is 2.39. The molecule has 6 nitrogen and oxygen atoms in total. The highest BCUT2D eigenvalue weighted by molar-refractivity contribution is 7.89. The first kappa shape index (κ1) is 17.7. The molecule has 0 aliphatic rings. The molecule has 0 heterocycles. The number of benzene rings is 1. The molecule has 118 valence electrons. The third-order valence-electron chi connectivity index (χ3n) is 2.51. The smallest absolute Gasteiger partial charge is 0.254 e. The van der Waals surface area contributed by atoms with Crippen LogP contribution in [-0.2, 0) is 20.8 Å². The predicted molar refractivity (Wildman–Crippen MR) is 73.6 cm³/mol. The maximum atomic E-state index is 13.5. The summed E-state index contributed by atoms with van der Waals surface area (Å²) in [7, 11) is -5.40. The van der Waals surface area contributed by atoms with Crippen LogP contribution < -0.4 is 10.5 Å². The zero-order valence-electron chi connectivity index (χ0n) is 11.1. The van der Waals surface area contributed by atoms with Crippen molar-refractivity contribution in [3.05, 3.63) is 29.3 Å². The van der Waals surface area contributed by atoms with Gasteiger partial charge < -0.3 is 5.32 Å². The molecule has 0 saturated heterocycles. The molecule has 0 fully saturated rings. The molecule has 0 bridgehead atoms. The minimum Gasteiger partial charge on any atom is -0.351 e. The second-order valence-electron chi connectivity index (χ2n) is 4.00. The SMILES string of the molecule is CCS(=O)CCNC(=O)c1cc(S(N)(=O)=O)cc(F)c1F. The van der Waals surface area contributed by atoms with Gasteiger partial charge in [0.2, 0.25) is 10.0 Å². The molecule has 3 N–H and O–H groups in total. The van der Waals surface area contributed by atoms with E-state index in [0.717, 1.165) is 0 Å². The summed E-state index contributed by atoms with van der Waals surface area (Å²) in [5, 5.41) is 7.05. The summed E-state index contributed by atoms with van der Waals surface area (Å²) in [4.78, 5) is 11.0. The Hall–Kier alpha value is -1.39. The molecule has 0 aliphatic heterocycles. The third-order valence-corrected chi connectivity index (χ3v) is 4.71. The zero-order valence-corrected chi connectivity index (χ0v) is 12.7. The van der Waals surface area contributed by atoms with E-state index >= 15 is 0 Å². The second-order valence-corrected chi connectivity index (χ2v) is 7.43. The van der Waals surface area contributed by atoms with E-state index in [1.807, 2.05) is 0 Å². The molecule has 1 amide bonds. The van der Waals surface area contributed by atoms with E-state index in [0.29, 0.717) is 17.9 Å². The fourth-order valence-electron chi connectivity index (χ4n) is 1.41. The van der Waals surface area contributed by atoms with Crippen LogP contribution in [0.25, 0.3) is 0 Å². The largest absolute Gasteiger partial charge is 0.351 e. The van der Waals surface area contributed by atoms with Gasteiger partial charge in [0.1, 0.15) is 0 Å². The van der Waals surface area contributed by atoms with Crippen molar-refractivity contribution in [2.24, 2.45) is 5.14 Å². The quantitative estimate of drug-likeness (QED) is 0.766. The Morgan fingerprint density at radius 3 is 2.52 bits per heavy atom. The van der Waals surface area contributed by atoms with Crippen LogP contribution in [0.15, 0.2) is 17.0 Å². The first-order valence-corrected chi connectivity index (χ1v) is 8.85. The number of primary sulfonamides is 1. The summed E-state index contributed by atoms with van der Waals surface area (Å²) in [6.45, 7) is 1.68. The summed E-state index contributed by atoms with van der Waals surface area (Å²) in [6, 6.07) is 1.05. The van der Waals surface area contributed by atoms with Crippen molar-refractivity contribution in [1.29, 1.82) is 0 Å². The molecule has 0 radical (unpaired) electrons. The highest BCUT2D eigenvalue weighted by atomic mass is 32.2. The van der Waals surface area contributed by atoms with Gasteiger partial charge in [0.05, 0.1) is 10.5 Å². The van der Waals surface area contributed by atoms with E-state index in [1.54, 1.807) is 6.92 Å². The molecule has 0 aliphatic carbocycles. The Labute approximate surface area is 123 Å². The number of carbonyl (C=O) groups excluding carboxylic acids is 1. The van der Waals surface area contributed by atoms with Crippen molar-refractivity contribution in [2.75, 3.05) is 18.1 Å². The number of rotatable bonds is 6. The minimum absolute atomic E-state index is 0.0139. The van der Waals surface area contributed by atoms with Gasteiger partial charge in [0, 0.05) is 28.9 Å². The topological polar surface area (TPSA) is 106 Å². The second kappa shape index (κ2) is 7.05. The summed E-state index contributed by atoms with van der Waals surface area (Å²) >= 11 is 0. The van der Waals surface area contributed by atoms with Gasteiger partial charge >= 0.3 is 0 Å². The summed E-state index contributed by atoms with van der Waals surface area (Å²) in [6.07, 6.45) is 0. The van der Waals surface area contributed by atoms with Crippen LogP contribution >= 0.6 is 0 Å². The van der Waals surface area contributed by atoms with Gasteiger partial charge in [-0.05, 0) is 12.1 Å². The van der Waals surface area contributed by atoms with E-state index in [4.69, 9.17) is 5.14 Å². The molecule has 0 aromatic heterocycles. The van der Waals surface area contributed by atoms with Crippen LogP contribution in [0.5, 0.6) is 0 Å². The van der Waals surface area contributed by atoms with Crippen LogP contribution in [0.3, 0.4) is 0 Å². The Balaban J connectivity index is 2.99. The van der Waals surface area contributed by atoms with Crippen molar-refractivity contribution >= 4 is 26.7 Å². The highest BCUT2D eigenvalue weighted by Gasteiger charge is 2.21. The normalized spacial score (nSPS) is 13.0. The van der Waals surface area contributed by atoms with Gasteiger partial charge in [-0.3, -0.25) is 9.00 Å². The van der Waals surface area contributed by atoms with E-state index in [1.165, 1.54) is 0 Å². The minimum atomic E-state index is -4.27. The fraction of sp³-hybridized carbons (Fsp3) is 0.364. The Morgan fingerprint density at radius 2 is 2.00 bits per heavy atom. The Kier molecular flexibility index (Phi) is 5.93. The predicted octanol–water partition coefficient (Wildman–Crippen LogP) is 0.111. The number of hydrogen-bond acceptors (Lipinski definition) is 4. The first-order valence-electron chi connectivity index (χ1n) is 5.81. The number of amides is 1. The van der Waals surface area contributed by atoms with E-state index in [2.05, 4.69) is 5.32 Å². The third kappa shape index (κ3) is 4.83. The van der Waals surface area contributed by atoms with Gasteiger partial charge in [-0.1, -0.05) is 6.92 Å². The standard InChI is InChI=1S/C11H14F2N2O4S2/c1-2-20(17)4-3-15-11(16)8-5-7(21(14,18)19)6-9(12)10(8)13/h5-6H,2-4H2,1H3,(H,15,16)(H2,14,18,19). The molecule has 0 spiro atoms. The molecule has 1 unspecified atom stereocenters. The van der Waals surface area contributed by atoms with Gasteiger partial charge in [-0.25, -0.2) is 22.3 Å². The molecular formula is C11H14F2N2O4S2.